The minimum absolute atomic E-state index is 0.0831. The topological polar surface area (TPSA) is 63.2 Å². The van der Waals surface area contributed by atoms with Gasteiger partial charge in [-0.3, -0.25) is 4.79 Å². The largest absolute Gasteiger partial charge is 0.355 e. The molecule has 0 spiro atoms. The molecule has 1 aromatic rings. The van der Waals surface area contributed by atoms with Gasteiger partial charge in [0.25, 0.3) is 15.0 Å². The zero-order chi connectivity index (χ0) is 12.8. The lowest BCUT2D eigenvalue weighted by molar-refractivity contribution is 0.0963. The number of rotatable bonds is 2. The molecule has 0 unspecified atom stereocenters. The van der Waals surface area contributed by atoms with Crippen LogP contribution in [-0.2, 0) is 9.05 Å². The zero-order valence-electron chi connectivity index (χ0n) is 9.32. The maximum Gasteiger partial charge on any atom is 0.261 e. The molecule has 0 heterocycles. The highest BCUT2D eigenvalue weighted by molar-refractivity contribution is 8.13. The molecule has 0 aromatic heterocycles. The van der Waals surface area contributed by atoms with Crippen LogP contribution in [0.3, 0.4) is 0 Å². The average molecular weight is 264 g/mol. The lowest BCUT2D eigenvalue weighted by atomic mass is 10.2. The van der Waals surface area contributed by atoms with Gasteiger partial charge < -0.3 is 5.32 Å². The van der Waals surface area contributed by atoms with Crippen LogP contribution in [0.5, 0.6) is 0 Å². The fraction of sp³-hybridized carbons (Fsp3) is 0.300. The van der Waals surface area contributed by atoms with Crippen LogP contribution in [0, 0.1) is 0 Å². The molecule has 0 fully saturated rings. The Kier molecular flexibility index (Phi) is 6.06. The summed E-state index contributed by atoms with van der Waals surface area (Å²) in [5, 5.41) is 2.38. The average Bonchev–Trinajstić information content (AvgIpc) is 2.30. The van der Waals surface area contributed by atoms with Crippen LogP contribution in [0.25, 0.3) is 0 Å². The zero-order valence-corrected chi connectivity index (χ0v) is 10.9. The van der Waals surface area contributed by atoms with Gasteiger partial charge >= 0.3 is 0 Å². The molecule has 16 heavy (non-hydrogen) atoms. The fourth-order valence-electron chi connectivity index (χ4n) is 0.933. The summed E-state index contributed by atoms with van der Waals surface area (Å²) in [6.07, 6.45) is 0. The van der Waals surface area contributed by atoms with Gasteiger partial charge in [0.05, 0.1) is 4.90 Å². The van der Waals surface area contributed by atoms with Crippen molar-refractivity contribution in [3.63, 3.8) is 0 Å². The highest BCUT2D eigenvalue weighted by Crippen LogP contribution is 2.15. The van der Waals surface area contributed by atoms with E-state index in [4.69, 9.17) is 10.7 Å². The van der Waals surface area contributed by atoms with Crippen molar-refractivity contribution in [3.05, 3.63) is 29.8 Å². The molecule has 0 radical (unpaired) electrons. The smallest absolute Gasteiger partial charge is 0.261 e. The number of nitrogens with one attached hydrogen (secondary N) is 1. The van der Waals surface area contributed by atoms with Gasteiger partial charge in [-0.25, -0.2) is 8.42 Å². The number of carbonyl (C=O) groups excluding carboxylic acids is 1. The molecule has 0 atom stereocenters. The summed E-state index contributed by atoms with van der Waals surface area (Å²) in [5.74, 6) is -0.354. The summed E-state index contributed by atoms with van der Waals surface area (Å²) in [4.78, 5) is 11.1. The molecule has 0 aliphatic heterocycles. The summed E-state index contributed by atoms with van der Waals surface area (Å²) < 4.78 is 21.9. The van der Waals surface area contributed by atoms with Crippen molar-refractivity contribution in [2.24, 2.45) is 0 Å². The second-order valence-electron chi connectivity index (χ2n) is 2.54. The number of hydrogen-bond acceptors (Lipinski definition) is 3. The molecular formula is C10H14ClNO3S. The normalized spacial score (nSPS) is 10.0. The number of hydrogen-bond donors (Lipinski definition) is 1. The minimum Gasteiger partial charge on any atom is -0.355 e. The monoisotopic (exact) mass is 263 g/mol. The first-order chi connectivity index (χ1) is 7.45. The van der Waals surface area contributed by atoms with E-state index < -0.39 is 9.05 Å². The maximum atomic E-state index is 11.1. The second-order valence-corrected chi connectivity index (χ2v) is 5.11. The number of carbonyl (C=O) groups is 1. The number of amides is 1. The van der Waals surface area contributed by atoms with E-state index in [0.717, 1.165) is 0 Å². The molecule has 6 heteroatoms. The van der Waals surface area contributed by atoms with Crippen LogP contribution < -0.4 is 5.32 Å². The van der Waals surface area contributed by atoms with Crippen molar-refractivity contribution in [3.8, 4) is 0 Å². The van der Waals surface area contributed by atoms with E-state index in [-0.39, 0.29) is 16.4 Å². The van der Waals surface area contributed by atoms with Crippen molar-refractivity contribution in [1.29, 1.82) is 0 Å². The van der Waals surface area contributed by atoms with E-state index in [1.165, 1.54) is 31.3 Å². The highest BCUT2D eigenvalue weighted by atomic mass is 35.7. The van der Waals surface area contributed by atoms with Crippen LogP contribution in [-0.4, -0.2) is 21.4 Å². The third kappa shape index (κ3) is 4.20. The highest BCUT2D eigenvalue weighted by Gasteiger charge is 2.12. The van der Waals surface area contributed by atoms with Crippen LogP contribution in [0.4, 0.5) is 0 Å². The van der Waals surface area contributed by atoms with Gasteiger partial charge in [0.2, 0.25) is 0 Å². The molecular weight excluding hydrogens is 250 g/mol. The summed E-state index contributed by atoms with van der Waals surface area (Å²) in [5.41, 5.74) is 0.259. The molecule has 1 N–H and O–H groups in total. The van der Waals surface area contributed by atoms with Gasteiger partial charge in [0, 0.05) is 23.3 Å². The Hall–Kier alpha value is -1.07. The Bertz CT molecular complexity index is 457. The van der Waals surface area contributed by atoms with Crippen molar-refractivity contribution < 1.29 is 13.2 Å². The van der Waals surface area contributed by atoms with Crippen molar-refractivity contribution in [1.82, 2.24) is 5.32 Å². The summed E-state index contributed by atoms with van der Waals surface area (Å²) >= 11 is 0. The van der Waals surface area contributed by atoms with Gasteiger partial charge in [0.15, 0.2) is 0 Å². The molecule has 4 nitrogen and oxygen atoms in total. The summed E-state index contributed by atoms with van der Waals surface area (Å²) in [6, 6.07) is 5.51. The number of benzene rings is 1. The molecule has 0 saturated carbocycles. The van der Waals surface area contributed by atoms with E-state index >= 15 is 0 Å². The van der Waals surface area contributed by atoms with Crippen LogP contribution >= 0.6 is 10.7 Å². The predicted molar refractivity (Wildman–Crippen MR) is 64.2 cm³/mol. The predicted octanol–water partition coefficient (Wildman–Crippen LogP) is 2.00. The molecule has 0 aliphatic rings. The molecule has 1 aromatic carbocycles. The minimum atomic E-state index is -3.77. The van der Waals surface area contributed by atoms with E-state index in [9.17, 15) is 13.2 Å². The molecule has 0 bridgehead atoms. The van der Waals surface area contributed by atoms with Crippen LogP contribution in [0.1, 0.15) is 24.2 Å². The summed E-state index contributed by atoms with van der Waals surface area (Å²) in [7, 11) is 2.81. The Morgan fingerprint density at radius 1 is 1.31 bits per heavy atom. The van der Waals surface area contributed by atoms with Crippen LogP contribution in [0.15, 0.2) is 29.2 Å². The van der Waals surface area contributed by atoms with Crippen molar-refractivity contribution >= 4 is 25.6 Å². The quantitative estimate of drug-likeness (QED) is 0.830. The first-order valence-corrected chi connectivity index (χ1v) is 7.03. The number of halogens is 1. The molecule has 0 aliphatic carbocycles. The standard InChI is InChI=1S/C8H8ClNO3S.C2H6/c1-10-8(11)6-3-2-4-7(5-6)14(9,12)13;1-2/h2-5H,1H3,(H,10,11);1-2H3. The molecule has 0 saturated heterocycles. The van der Waals surface area contributed by atoms with E-state index in [0.29, 0.717) is 0 Å². The molecule has 90 valence electrons. The Balaban J connectivity index is 0.00000106. The maximum absolute atomic E-state index is 11.1. The van der Waals surface area contributed by atoms with Gasteiger partial charge in [-0.05, 0) is 18.2 Å². The molecule has 1 rings (SSSR count). The van der Waals surface area contributed by atoms with Crippen molar-refractivity contribution in [2.75, 3.05) is 7.05 Å². The van der Waals surface area contributed by atoms with Gasteiger partial charge in [-0.1, -0.05) is 19.9 Å². The third-order valence-corrected chi connectivity index (χ3v) is 2.96. The summed E-state index contributed by atoms with van der Waals surface area (Å²) in [6.45, 7) is 4.00. The first-order valence-electron chi connectivity index (χ1n) is 4.72. The van der Waals surface area contributed by atoms with Gasteiger partial charge in [-0.15, -0.1) is 0 Å². The SMILES string of the molecule is CC.CNC(=O)c1cccc(S(=O)(=O)Cl)c1. The fourth-order valence-corrected chi connectivity index (χ4v) is 1.73. The van der Waals surface area contributed by atoms with E-state index in [2.05, 4.69) is 5.32 Å². The Labute approximate surface area is 100 Å². The molecule has 1 amide bonds. The third-order valence-electron chi connectivity index (χ3n) is 1.60. The van der Waals surface area contributed by atoms with Crippen LogP contribution in [0.2, 0.25) is 0 Å². The van der Waals surface area contributed by atoms with Gasteiger partial charge in [0.1, 0.15) is 0 Å². The second kappa shape index (κ2) is 6.50. The van der Waals surface area contributed by atoms with Gasteiger partial charge in [-0.2, -0.15) is 0 Å². The van der Waals surface area contributed by atoms with Crippen molar-refractivity contribution in [2.45, 2.75) is 18.7 Å². The Morgan fingerprint density at radius 3 is 2.31 bits per heavy atom. The lowest BCUT2D eigenvalue weighted by Crippen LogP contribution is -2.17. The van der Waals surface area contributed by atoms with E-state index in [1.54, 1.807) is 0 Å². The Morgan fingerprint density at radius 2 is 1.88 bits per heavy atom. The lowest BCUT2D eigenvalue weighted by Gasteiger charge is -2.00. The van der Waals surface area contributed by atoms with E-state index in [1.807, 2.05) is 13.8 Å². The first kappa shape index (κ1) is 14.9.